The fraction of sp³-hybridized carbons (Fsp3) is 0.765. The molecule has 23 heavy (non-hydrogen) atoms. The smallest absolute Gasteiger partial charge is 0.251 e. The Morgan fingerprint density at radius 3 is 3.04 bits per heavy atom. The van der Waals surface area contributed by atoms with Crippen molar-refractivity contribution in [1.29, 1.82) is 0 Å². The molecule has 0 spiro atoms. The van der Waals surface area contributed by atoms with Gasteiger partial charge in [-0.15, -0.1) is 0 Å². The highest BCUT2D eigenvalue weighted by Crippen LogP contribution is 2.23. The Balaban J connectivity index is 1.52. The molecule has 3 heterocycles. The minimum atomic E-state index is -0.401. The molecule has 0 bridgehead atoms. The van der Waals surface area contributed by atoms with Crippen LogP contribution >= 0.6 is 0 Å². The maximum absolute atomic E-state index is 12.6. The first-order chi connectivity index (χ1) is 11.1. The van der Waals surface area contributed by atoms with E-state index in [1.54, 1.807) is 0 Å². The third-order valence-corrected chi connectivity index (χ3v) is 4.87. The fourth-order valence-electron chi connectivity index (χ4n) is 3.51. The molecule has 2 aliphatic rings. The van der Waals surface area contributed by atoms with E-state index in [0.29, 0.717) is 12.6 Å². The number of piperidine rings is 1. The molecule has 0 radical (unpaired) electrons. The standard InChI is InChI=1S/C17H27N3O3/c1-13(23-12-16-6-4-10-22-16)17(21)19-8-3-5-15(11-19)20-9-7-18-14(20)2/h7,9,13,15-16H,3-6,8,10-12H2,1-2H3. The lowest BCUT2D eigenvalue weighted by Gasteiger charge is -2.35. The molecule has 1 aromatic rings. The van der Waals surface area contributed by atoms with Crippen LogP contribution in [0, 0.1) is 6.92 Å². The first kappa shape index (κ1) is 16.5. The second-order valence-electron chi connectivity index (χ2n) is 6.57. The normalized spacial score (nSPS) is 26.4. The lowest BCUT2D eigenvalue weighted by Crippen LogP contribution is -2.45. The minimum Gasteiger partial charge on any atom is -0.376 e. The summed E-state index contributed by atoms with van der Waals surface area (Å²) in [5.74, 6) is 1.09. The number of aromatic nitrogens is 2. The van der Waals surface area contributed by atoms with E-state index >= 15 is 0 Å². The van der Waals surface area contributed by atoms with Crippen molar-refractivity contribution in [3.05, 3.63) is 18.2 Å². The predicted octanol–water partition coefficient (Wildman–Crippen LogP) is 1.94. The van der Waals surface area contributed by atoms with Gasteiger partial charge in [0.05, 0.1) is 18.8 Å². The molecular weight excluding hydrogens is 294 g/mol. The number of nitrogens with zero attached hydrogens (tertiary/aromatic N) is 3. The average molecular weight is 321 g/mol. The summed E-state index contributed by atoms with van der Waals surface area (Å²) >= 11 is 0. The first-order valence-electron chi connectivity index (χ1n) is 8.66. The Morgan fingerprint density at radius 2 is 2.35 bits per heavy atom. The Kier molecular flexibility index (Phi) is 5.33. The average Bonchev–Trinajstić information content (AvgIpc) is 3.23. The molecular formula is C17H27N3O3. The summed E-state index contributed by atoms with van der Waals surface area (Å²) in [5, 5.41) is 0. The van der Waals surface area contributed by atoms with Crippen molar-refractivity contribution in [2.45, 2.75) is 57.8 Å². The molecule has 6 heteroatoms. The molecule has 0 aromatic carbocycles. The van der Waals surface area contributed by atoms with Gasteiger partial charge in [0.1, 0.15) is 11.9 Å². The van der Waals surface area contributed by atoms with Crippen LogP contribution in [0.3, 0.4) is 0 Å². The number of carbonyl (C=O) groups excluding carboxylic acids is 1. The van der Waals surface area contributed by atoms with Gasteiger partial charge in [-0.3, -0.25) is 4.79 Å². The van der Waals surface area contributed by atoms with Gasteiger partial charge in [-0.2, -0.15) is 0 Å². The largest absolute Gasteiger partial charge is 0.376 e. The van der Waals surface area contributed by atoms with Crippen molar-refractivity contribution in [2.75, 3.05) is 26.3 Å². The van der Waals surface area contributed by atoms with Gasteiger partial charge >= 0.3 is 0 Å². The number of aryl methyl sites for hydroxylation is 1. The highest BCUT2D eigenvalue weighted by molar-refractivity contribution is 5.80. The van der Waals surface area contributed by atoms with Crippen LogP contribution in [0.25, 0.3) is 0 Å². The molecule has 2 saturated heterocycles. The number of ether oxygens (including phenoxy) is 2. The number of hydrogen-bond acceptors (Lipinski definition) is 4. The zero-order valence-corrected chi connectivity index (χ0v) is 14.1. The van der Waals surface area contributed by atoms with Crippen LogP contribution in [0.4, 0.5) is 0 Å². The van der Waals surface area contributed by atoms with Crippen molar-refractivity contribution >= 4 is 5.91 Å². The van der Waals surface area contributed by atoms with Crippen LogP contribution < -0.4 is 0 Å². The highest BCUT2D eigenvalue weighted by atomic mass is 16.5. The van der Waals surface area contributed by atoms with Gasteiger partial charge in [-0.1, -0.05) is 0 Å². The molecule has 6 nitrogen and oxygen atoms in total. The van der Waals surface area contributed by atoms with Crippen molar-refractivity contribution in [1.82, 2.24) is 14.5 Å². The molecule has 2 fully saturated rings. The monoisotopic (exact) mass is 321 g/mol. The number of amides is 1. The van der Waals surface area contributed by atoms with Gasteiger partial charge in [-0.25, -0.2) is 4.98 Å². The summed E-state index contributed by atoms with van der Waals surface area (Å²) in [6.45, 7) is 6.75. The lowest BCUT2D eigenvalue weighted by molar-refractivity contribution is -0.146. The number of hydrogen-bond donors (Lipinski definition) is 0. The zero-order chi connectivity index (χ0) is 16.2. The van der Waals surface area contributed by atoms with Crippen LogP contribution in [0.5, 0.6) is 0 Å². The number of imidazole rings is 1. The van der Waals surface area contributed by atoms with Crippen LogP contribution in [0.2, 0.25) is 0 Å². The van der Waals surface area contributed by atoms with E-state index in [2.05, 4.69) is 9.55 Å². The molecule has 128 valence electrons. The van der Waals surface area contributed by atoms with Crippen LogP contribution in [-0.2, 0) is 14.3 Å². The zero-order valence-electron chi connectivity index (χ0n) is 14.1. The molecule has 0 saturated carbocycles. The topological polar surface area (TPSA) is 56.6 Å². The van der Waals surface area contributed by atoms with E-state index in [9.17, 15) is 4.79 Å². The van der Waals surface area contributed by atoms with E-state index < -0.39 is 6.10 Å². The molecule has 2 aliphatic heterocycles. The second kappa shape index (κ2) is 7.45. The summed E-state index contributed by atoms with van der Waals surface area (Å²) in [5.41, 5.74) is 0. The fourth-order valence-corrected chi connectivity index (χ4v) is 3.51. The first-order valence-corrected chi connectivity index (χ1v) is 8.66. The third-order valence-electron chi connectivity index (χ3n) is 4.87. The molecule has 1 aromatic heterocycles. The summed E-state index contributed by atoms with van der Waals surface area (Å²) in [6.07, 6.45) is 7.82. The van der Waals surface area contributed by atoms with Crippen LogP contribution in [-0.4, -0.2) is 58.9 Å². The Morgan fingerprint density at radius 1 is 1.48 bits per heavy atom. The van der Waals surface area contributed by atoms with E-state index in [0.717, 1.165) is 51.2 Å². The molecule has 3 atom stereocenters. The van der Waals surface area contributed by atoms with E-state index in [-0.39, 0.29) is 12.0 Å². The summed E-state index contributed by atoms with van der Waals surface area (Å²) in [6, 6.07) is 0.320. The maximum Gasteiger partial charge on any atom is 0.251 e. The third kappa shape index (κ3) is 3.93. The van der Waals surface area contributed by atoms with Gasteiger partial charge < -0.3 is 18.9 Å². The van der Waals surface area contributed by atoms with Crippen molar-refractivity contribution in [3.8, 4) is 0 Å². The van der Waals surface area contributed by atoms with Crippen molar-refractivity contribution < 1.29 is 14.3 Å². The van der Waals surface area contributed by atoms with Crippen LogP contribution in [0.1, 0.15) is 44.5 Å². The summed E-state index contributed by atoms with van der Waals surface area (Å²) < 4.78 is 13.5. The van der Waals surface area contributed by atoms with Gasteiger partial charge in [0.25, 0.3) is 5.91 Å². The Hall–Kier alpha value is -1.40. The van der Waals surface area contributed by atoms with Crippen molar-refractivity contribution in [3.63, 3.8) is 0 Å². The van der Waals surface area contributed by atoms with E-state index in [1.807, 2.05) is 31.1 Å². The predicted molar refractivity (Wildman–Crippen MR) is 86.2 cm³/mol. The maximum atomic E-state index is 12.6. The van der Waals surface area contributed by atoms with E-state index in [4.69, 9.17) is 9.47 Å². The molecule has 1 amide bonds. The molecule has 3 unspecified atom stereocenters. The van der Waals surface area contributed by atoms with Crippen molar-refractivity contribution in [2.24, 2.45) is 0 Å². The van der Waals surface area contributed by atoms with Gasteiger partial charge in [0.2, 0.25) is 0 Å². The highest BCUT2D eigenvalue weighted by Gasteiger charge is 2.29. The quantitative estimate of drug-likeness (QED) is 0.831. The van der Waals surface area contributed by atoms with Gasteiger partial charge in [0.15, 0.2) is 0 Å². The lowest BCUT2D eigenvalue weighted by atomic mass is 10.0. The second-order valence-corrected chi connectivity index (χ2v) is 6.57. The Labute approximate surface area is 137 Å². The van der Waals surface area contributed by atoms with Gasteiger partial charge in [-0.05, 0) is 39.5 Å². The molecule has 3 rings (SSSR count). The number of likely N-dealkylation sites (tertiary alicyclic amines) is 1. The minimum absolute atomic E-state index is 0.0884. The van der Waals surface area contributed by atoms with Crippen LogP contribution in [0.15, 0.2) is 12.4 Å². The summed E-state index contributed by atoms with van der Waals surface area (Å²) in [7, 11) is 0. The number of rotatable bonds is 5. The SMILES string of the molecule is Cc1nccn1C1CCCN(C(=O)C(C)OCC2CCCO2)C1. The molecule has 0 aliphatic carbocycles. The Bertz CT molecular complexity index is 525. The summed E-state index contributed by atoms with van der Waals surface area (Å²) in [4.78, 5) is 18.9. The molecule has 0 N–H and O–H groups in total. The number of carbonyl (C=O) groups is 1. The van der Waals surface area contributed by atoms with E-state index in [1.165, 1.54) is 0 Å². The van der Waals surface area contributed by atoms with Gasteiger partial charge in [0, 0.05) is 32.1 Å².